The first-order chi connectivity index (χ1) is 16.4. The van der Waals surface area contributed by atoms with Crippen molar-refractivity contribution in [3.63, 3.8) is 0 Å². The molecule has 2 amide bonds. The predicted octanol–water partition coefficient (Wildman–Crippen LogP) is 2.96. The van der Waals surface area contributed by atoms with E-state index >= 15 is 0 Å². The number of anilines is 2. The first kappa shape index (κ1) is 24.6. The SMILES string of the molecule is NC(=O)CCCCNc1ccc(C(C(N)=O)c2cccnc2)c(NCCc2cccc(F)c2)n1. The maximum absolute atomic E-state index is 13.5. The van der Waals surface area contributed by atoms with Gasteiger partial charge in [-0.25, -0.2) is 9.37 Å². The third kappa shape index (κ3) is 7.26. The Morgan fingerprint density at radius 2 is 1.85 bits per heavy atom. The van der Waals surface area contributed by atoms with E-state index < -0.39 is 11.8 Å². The summed E-state index contributed by atoms with van der Waals surface area (Å²) in [5.41, 5.74) is 13.1. The molecular formula is C25H29FN6O2. The summed E-state index contributed by atoms with van der Waals surface area (Å²) in [5, 5.41) is 6.51. The summed E-state index contributed by atoms with van der Waals surface area (Å²) in [6.45, 7) is 1.09. The van der Waals surface area contributed by atoms with Gasteiger partial charge < -0.3 is 22.1 Å². The first-order valence-electron chi connectivity index (χ1n) is 11.1. The fraction of sp³-hybridized carbons (Fsp3) is 0.280. The minimum absolute atomic E-state index is 0.288. The van der Waals surface area contributed by atoms with Gasteiger partial charge in [-0.15, -0.1) is 0 Å². The maximum atomic E-state index is 13.5. The zero-order chi connectivity index (χ0) is 24.3. The van der Waals surface area contributed by atoms with Crippen LogP contribution in [0.4, 0.5) is 16.0 Å². The Labute approximate surface area is 198 Å². The van der Waals surface area contributed by atoms with E-state index in [1.54, 1.807) is 36.7 Å². The molecule has 2 aromatic heterocycles. The number of unbranched alkanes of at least 4 members (excludes halogenated alkanes) is 1. The summed E-state index contributed by atoms with van der Waals surface area (Å²) in [6, 6.07) is 13.6. The molecule has 8 nitrogen and oxygen atoms in total. The van der Waals surface area contributed by atoms with Crippen molar-refractivity contribution in [3.8, 4) is 0 Å². The highest BCUT2D eigenvalue weighted by atomic mass is 19.1. The highest BCUT2D eigenvalue weighted by Crippen LogP contribution is 2.30. The zero-order valence-electron chi connectivity index (χ0n) is 18.8. The Morgan fingerprint density at radius 3 is 2.56 bits per heavy atom. The number of carbonyl (C=O) groups is 2. The molecule has 178 valence electrons. The number of hydrogen-bond donors (Lipinski definition) is 4. The van der Waals surface area contributed by atoms with Crippen molar-refractivity contribution in [2.75, 3.05) is 23.7 Å². The molecule has 0 aliphatic carbocycles. The zero-order valence-corrected chi connectivity index (χ0v) is 18.8. The average molecular weight is 465 g/mol. The molecule has 2 heterocycles. The van der Waals surface area contributed by atoms with E-state index in [0.29, 0.717) is 55.1 Å². The number of nitrogens with zero attached hydrogens (tertiary/aromatic N) is 2. The normalized spacial score (nSPS) is 11.6. The van der Waals surface area contributed by atoms with Crippen LogP contribution in [0, 0.1) is 5.82 Å². The molecule has 0 aliphatic heterocycles. The van der Waals surface area contributed by atoms with E-state index in [9.17, 15) is 14.0 Å². The third-order valence-corrected chi connectivity index (χ3v) is 5.29. The second-order valence-corrected chi connectivity index (χ2v) is 7.91. The van der Waals surface area contributed by atoms with E-state index in [4.69, 9.17) is 11.5 Å². The van der Waals surface area contributed by atoms with Gasteiger partial charge >= 0.3 is 0 Å². The number of carbonyl (C=O) groups excluding carboxylic acids is 2. The topological polar surface area (TPSA) is 136 Å². The minimum Gasteiger partial charge on any atom is -0.370 e. The number of nitrogens with two attached hydrogens (primary N) is 2. The smallest absolute Gasteiger partial charge is 0.229 e. The molecule has 9 heteroatoms. The van der Waals surface area contributed by atoms with Crippen molar-refractivity contribution in [2.45, 2.75) is 31.6 Å². The predicted molar refractivity (Wildman–Crippen MR) is 130 cm³/mol. The van der Waals surface area contributed by atoms with Crippen LogP contribution < -0.4 is 22.1 Å². The Morgan fingerprint density at radius 1 is 1.00 bits per heavy atom. The van der Waals surface area contributed by atoms with Gasteiger partial charge in [0.1, 0.15) is 17.5 Å². The van der Waals surface area contributed by atoms with Crippen LogP contribution in [0.3, 0.4) is 0 Å². The monoisotopic (exact) mass is 464 g/mol. The fourth-order valence-electron chi connectivity index (χ4n) is 3.65. The van der Waals surface area contributed by atoms with Gasteiger partial charge in [-0.05, 0) is 54.7 Å². The van der Waals surface area contributed by atoms with Gasteiger partial charge in [-0.2, -0.15) is 0 Å². The lowest BCUT2D eigenvalue weighted by molar-refractivity contribution is -0.119. The minimum atomic E-state index is -0.734. The average Bonchev–Trinajstić information content (AvgIpc) is 2.80. The quantitative estimate of drug-likeness (QED) is 0.287. The molecule has 1 unspecified atom stereocenters. The van der Waals surface area contributed by atoms with Gasteiger partial charge in [0.15, 0.2) is 0 Å². The lowest BCUT2D eigenvalue weighted by atomic mass is 9.92. The molecule has 1 atom stereocenters. The van der Waals surface area contributed by atoms with Gasteiger partial charge in [-0.3, -0.25) is 14.6 Å². The highest BCUT2D eigenvalue weighted by molar-refractivity contribution is 5.87. The van der Waals surface area contributed by atoms with Crippen molar-refractivity contribution >= 4 is 23.5 Å². The van der Waals surface area contributed by atoms with Gasteiger partial charge in [0.2, 0.25) is 11.8 Å². The van der Waals surface area contributed by atoms with Gasteiger partial charge in [-0.1, -0.05) is 24.3 Å². The molecule has 0 fully saturated rings. The number of primary amides is 2. The standard InChI is InChI=1S/C25H29FN6O2/c26-19-7-3-5-17(15-19)11-14-31-25-20(23(24(28)34)18-6-4-12-29-16-18)9-10-22(32-25)30-13-2-1-8-21(27)33/h3-7,9-10,12,15-16,23H,1-2,8,11,13-14H2,(H2,27,33)(H2,28,34)(H2,30,31,32). The number of hydrogen-bond acceptors (Lipinski definition) is 6. The summed E-state index contributed by atoms with van der Waals surface area (Å²) >= 11 is 0. The molecule has 0 aliphatic rings. The molecule has 1 aromatic carbocycles. The number of pyridine rings is 2. The fourth-order valence-corrected chi connectivity index (χ4v) is 3.65. The number of halogens is 1. The van der Waals surface area contributed by atoms with Crippen molar-refractivity contribution in [3.05, 3.63) is 83.4 Å². The van der Waals surface area contributed by atoms with E-state index in [1.807, 2.05) is 12.1 Å². The van der Waals surface area contributed by atoms with Crippen molar-refractivity contribution in [1.82, 2.24) is 9.97 Å². The molecule has 0 radical (unpaired) electrons. The van der Waals surface area contributed by atoms with E-state index in [0.717, 1.165) is 12.0 Å². The molecule has 0 saturated carbocycles. The van der Waals surface area contributed by atoms with Crippen LogP contribution in [0.25, 0.3) is 0 Å². The van der Waals surface area contributed by atoms with E-state index in [2.05, 4.69) is 20.6 Å². The second-order valence-electron chi connectivity index (χ2n) is 7.91. The highest BCUT2D eigenvalue weighted by Gasteiger charge is 2.24. The van der Waals surface area contributed by atoms with Crippen molar-refractivity contribution in [2.24, 2.45) is 11.5 Å². The van der Waals surface area contributed by atoms with Crippen LogP contribution in [0.5, 0.6) is 0 Å². The van der Waals surface area contributed by atoms with Crippen molar-refractivity contribution in [1.29, 1.82) is 0 Å². The van der Waals surface area contributed by atoms with Gasteiger partial charge in [0.25, 0.3) is 0 Å². The maximum Gasteiger partial charge on any atom is 0.229 e. The number of aromatic nitrogens is 2. The van der Waals surface area contributed by atoms with Gasteiger partial charge in [0.05, 0.1) is 5.92 Å². The van der Waals surface area contributed by atoms with Crippen LogP contribution >= 0.6 is 0 Å². The lowest BCUT2D eigenvalue weighted by Crippen LogP contribution is -2.24. The molecule has 34 heavy (non-hydrogen) atoms. The third-order valence-electron chi connectivity index (χ3n) is 5.29. The number of benzene rings is 1. The Balaban J connectivity index is 1.79. The summed E-state index contributed by atoms with van der Waals surface area (Å²) in [5.74, 6) is -0.737. The molecule has 6 N–H and O–H groups in total. The molecular weight excluding hydrogens is 435 g/mol. The Kier molecular flexibility index (Phi) is 8.90. The molecule has 3 aromatic rings. The Hall–Kier alpha value is -4.01. The number of amides is 2. The van der Waals surface area contributed by atoms with Crippen LogP contribution in [0.1, 0.15) is 41.9 Å². The summed E-state index contributed by atoms with van der Waals surface area (Å²) in [4.78, 5) is 32.1. The van der Waals surface area contributed by atoms with Crippen LogP contribution in [0.15, 0.2) is 60.9 Å². The molecule has 0 bridgehead atoms. The van der Waals surface area contributed by atoms with Crippen LogP contribution in [-0.2, 0) is 16.0 Å². The van der Waals surface area contributed by atoms with Crippen LogP contribution in [-0.4, -0.2) is 34.9 Å². The largest absolute Gasteiger partial charge is 0.370 e. The van der Waals surface area contributed by atoms with E-state index in [-0.39, 0.29) is 11.7 Å². The summed E-state index contributed by atoms with van der Waals surface area (Å²) in [6.07, 6.45) is 5.59. The number of rotatable bonds is 13. The van der Waals surface area contributed by atoms with Crippen molar-refractivity contribution < 1.29 is 14.0 Å². The first-order valence-corrected chi connectivity index (χ1v) is 11.1. The molecule has 0 saturated heterocycles. The molecule has 0 spiro atoms. The summed E-state index contributed by atoms with van der Waals surface area (Å²) < 4.78 is 13.5. The molecule has 3 rings (SSSR count). The summed E-state index contributed by atoms with van der Waals surface area (Å²) in [7, 11) is 0. The number of nitrogens with one attached hydrogen (secondary N) is 2. The lowest BCUT2D eigenvalue weighted by Gasteiger charge is -2.19. The second kappa shape index (κ2) is 12.3. The Bertz CT molecular complexity index is 1110. The van der Waals surface area contributed by atoms with Gasteiger partial charge in [0, 0.05) is 37.5 Å². The van der Waals surface area contributed by atoms with E-state index in [1.165, 1.54) is 12.1 Å². The van der Waals surface area contributed by atoms with Crippen LogP contribution in [0.2, 0.25) is 0 Å².